The summed E-state index contributed by atoms with van der Waals surface area (Å²) >= 11 is 0. The quantitative estimate of drug-likeness (QED) is 0.685. The lowest BCUT2D eigenvalue weighted by Crippen LogP contribution is -2.39. The van der Waals surface area contributed by atoms with Crippen molar-refractivity contribution in [2.75, 3.05) is 30.4 Å². The molecule has 0 unspecified atom stereocenters. The monoisotopic (exact) mass is 444 g/mol. The predicted octanol–water partition coefficient (Wildman–Crippen LogP) is 3.45. The number of amides is 1. The summed E-state index contributed by atoms with van der Waals surface area (Å²) in [5.41, 5.74) is 1.99. The summed E-state index contributed by atoms with van der Waals surface area (Å²) in [6.07, 6.45) is 0. The van der Waals surface area contributed by atoms with Crippen LogP contribution in [0.2, 0.25) is 0 Å². The van der Waals surface area contributed by atoms with Gasteiger partial charge in [0.05, 0.1) is 19.9 Å². The van der Waals surface area contributed by atoms with E-state index in [-0.39, 0.29) is 17.2 Å². The van der Waals surface area contributed by atoms with Crippen LogP contribution in [0.1, 0.15) is 36.7 Å². The van der Waals surface area contributed by atoms with Crippen molar-refractivity contribution in [1.82, 2.24) is 0 Å². The topological polar surface area (TPSA) is 102 Å². The van der Waals surface area contributed by atoms with E-state index in [0.29, 0.717) is 39.6 Å². The van der Waals surface area contributed by atoms with Gasteiger partial charge in [0, 0.05) is 29.4 Å². The average molecular weight is 445 g/mol. The highest BCUT2D eigenvalue weighted by molar-refractivity contribution is 7.97. The molecule has 0 aliphatic carbocycles. The van der Waals surface area contributed by atoms with Gasteiger partial charge in [0.2, 0.25) is 0 Å². The van der Waals surface area contributed by atoms with E-state index in [0.717, 1.165) is 4.31 Å². The molecule has 0 saturated carbocycles. The Labute approximate surface area is 181 Å². The van der Waals surface area contributed by atoms with Gasteiger partial charge in [-0.15, -0.1) is 0 Å². The summed E-state index contributed by atoms with van der Waals surface area (Å²) in [7, 11) is -1.18. The molecule has 9 heteroatoms. The molecule has 1 amide bonds. The van der Waals surface area contributed by atoms with Gasteiger partial charge in [-0.2, -0.15) is 0 Å². The van der Waals surface area contributed by atoms with Crippen LogP contribution in [0.4, 0.5) is 11.4 Å². The second kappa shape index (κ2) is 8.43. The number of ether oxygens (including phenoxy) is 2. The number of fused-ring (bicyclic) bond motifs is 1. The Hall–Kier alpha value is -3.33. The number of carbonyl (C=O) groups is 2. The maximum Gasteiger partial charge on any atom is 0.270 e. The number of nitrogens with zero attached hydrogens (tertiary/aromatic N) is 1. The van der Waals surface area contributed by atoms with Crippen molar-refractivity contribution in [2.24, 2.45) is 0 Å². The largest absolute Gasteiger partial charge is 0.493 e. The number of anilines is 2. The van der Waals surface area contributed by atoms with Gasteiger partial charge in [-0.25, -0.2) is 8.42 Å². The molecule has 1 aliphatic rings. The summed E-state index contributed by atoms with van der Waals surface area (Å²) in [6.45, 7) is 4.80. The van der Waals surface area contributed by atoms with E-state index < -0.39 is 15.9 Å². The van der Waals surface area contributed by atoms with E-state index in [2.05, 4.69) is 5.32 Å². The first-order chi connectivity index (χ1) is 14.6. The first-order valence-corrected chi connectivity index (χ1v) is 11.0. The molecule has 3 rings (SSSR count). The Morgan fingerprint density at radius 2 is 1.71 bits per heavy atom. The van der Waals surface area contributed by atoms with Crippen LogP contribution < -0.4 is 19.1 Å². The molecule has 0 bridgehead atoms. The molecule has 1 aliphatic heterocycles. The van der Waals surface area contributed by atoms with Crippen molar-refractivity contribution < 1.29 is 27.5 Å². The van der Waals surface area contributed by atoms with Gasteiger partial charge in [-0.3, -0.25) is 13.9 Å². The van der Waals surface area contributed by atoms with Crippen LogP contribution in [-0.2, 0) is 14.8 Å². The molecule has 164 valence electrons. The highest BCUT2D eigenvalue weighted by Crippen LogP contribution is 2.44. The molecule has 31 heavy (non-hydrogen) atoms. The second-order valence-corrected chi connectivity index (χ2v) is 8.74. The van der Waals surface area contributed by atoms with Gasteiger partial charge in [0.15, 0.2) is 22.2 Å². The van der Waals surface area contributed by atoms with Crippen molar-refractivity contribution in [3.63, 3.8) is 0 Å². The normalized spacial score (nSPS) is 14.7. The summed E-state index contributed by atoms with van der Waals surface area (Å²) < 4.78 is 38.5. The molecular formula is C22H24N2O6S. The fraction of sp³-hybridized carbons (Fsp3) is 0.273. The Balaban J connectivity index is 2.15. The number of ketones is 1. The van der Waals surface area contributed by atoms with E-state index >= 15 is 0 Å². The Kier molecular flexibility index (Phi) is 6.08. The smallest absolute Gasteiger partial charge is 0.270 e. The van der Waals surface area contributed by atoms with E-state index in [1.165, 1.54) is 27.2 Å². The van der Waals surface area contributed by atoms with Gasteiger partial charge in [0.1, 0.15) is 0 Å². The minimum Gasteiger partial charge on any atom is -0.493 e. The van der Waals surface area contributed by atoms with Crippen LogP contribution in [0, 0.1) is 0 Å². The maximum absolute atomic E-state index is 13.4. The van der Waals surface area contributed by atoms with E-state index in [9.17, 15) is 18.0 Å². The Morgan fingerprint density at radius 1 is 1.06 bits per heavy atom. The number of benzene rings is 2. The molecule has 0 atom stereocenters. The first-order valence-electron chi connectivity index (χ1n) is 9.58. The summed E-state index contributed by atoms with van der Waals surface area (Å²) in [6, 6.07) is 9.58. The van der Waals surface area contributed by atoms with Gasteiger partial charge in [-0.1, -0.05) is 12.1 Å². The van der Waals surface area contributed by atoms with Gasteiger partial charge in [0.25, 0.3) is 15.9 Å². The fourth-order valence-electron chi connectivity index (χ4n) is 3.56. The lowest BCUT2D eigenvalue weighted by molar-refractivity contribution is -0.112. The fourth-order valence-corrected chi connectivity index (χ4v) is 5.31. The lowest BCUT2D eigenvalue weighted by Gasteiger charge is -2.32. The van der Waals surface area contributed by atoms with E-state index in [1.54, 1.807) is 44.2 Å². The van der Waals surface area contributed by atoms with Gasteiger partial charge >= 0.3 is 0 Å². The lowest BCUT2D eigenvalue weighted by atomic mass is 10.0. The van der Waals surface area contributed by atoms with Gasteiger partial charge < -0.3 is 14.8 Å². The molecule has 1 heterocycles. The minimum absolute atomic E-state index is 0.120. The zero-order valence-corrected chi connectivity index (χ0v) is 18.8. The zero-order valence-electron chi connectivity index (χ0n) is 18.0. The van der Waals surface area contributed by atoms with Crippen LogP contribution in [0.3, 0.4) is 0 Å². The molecule has 2 aromatic rings. The van der Waals surface area contributed by atoms with E-state index in [4.69, 9.17) is 9.47 Å². The average Bonchev–Trinajstić information content (AvgIpc) is 2.72. The molecule has 1 N–H and O–H groups in total. The van der Waals surface area contributed by atoms with Crippen LogP contribution >= 0.6 is 0 Å². The third-order valence-electron chi connectivity index (χ3n) is 5.08. The number of hydrogen-bond donors (Lipinski definition) is 1. The highest BCUT2D eigenvalue weighted by atomic mass is 32.2. The van der Waals surface area contributed by atoms with E-state index in [1.807, 2.05) is 0 Å². The minimum atomic E-state index is -4.13. The van der Waals surface area contributed by atoms with Crippen LogP contribution in [0.15, 0.2) is 41.3 Å². The molecule has 2 aromatic carbocycles. The Morgan fingerprint density at radius 3 is 2.29 bits per heavy atom. The molecule has 0 saturated heterocycles. The van der Waals surface area contributed by atoms with Crippen LogP contribution in [0.5, 0.6) is 11.5 Å². The van der Waals surface area contributed by atoms with Crippen LogP contribution in [0.25, 0.3) is 5.57 Å². The standard InChI is InChI=1S/C22H24N2O6S/c1-6-24-18-12-20(30-5)19(29-4)11-17(18)13(2)21(31(24,27)28)22(26)23-16-9-7-8-15(10-16)14(3)25/h7-12H,6H2,1-5H3,(H,23,26). The van der Waals surface area contributed by atoms with Crippen molar-refractivity contribution in [3.8, 4) is 11.5 Å². The third-order valence-corrected chi connectivity index (χ3v) is 7.13. The number of rotatable bonds is 6. The Bertz CT molecular complexity index is 1200. The molecule has 0 spiro atoms. The molecule has 0 aromatic heterocycles. The summed E-state index contributed by atoms with van der Waals surface area (Å²) in [5.74, 6) is -0.137. The molecular weight excluding hydrogens is 420 g/mol. The van der Waals surface area contributed by atoms with Gasteiger partial charge in [-0.05, 0) is 44.5 Å². The summed E-state index contributed by atoms with van der Waals surface area (Å²) in [4.78, 5) is 24.4. The van der Waals surface area contributed by atoms with Crippen molar-refractivity contribution in [2.45, 2.75) is 20.8 Å². The predicted molar refractivity (Wildman–Crippen MR) is 119 cm³/mol. The number of hydrogen-bond acceptors (Lipinski definition) is 6. The molecule has 8 nitrogen and oxygen atoms in total. The molecule has 0 fully saturated rings. The maximum atomic E-state index is 13.4. The second-order valence-electron chi connectivity index (χ2n) is 6.94. The number of Topliss-reactive ketones (excluding diaryl/α,β-unsaturated/α-hetero) is 1. The van der Waals surface area contributed by atoms with Crippen LogP contribution in [-0.4, -0.2) is 40.9 Å². The number of allylic oxidation sites excluding steroid dienone is 1. The first kappa shape index (κ1) is 22.4. The van der Waals surface area contributed by atoms with Crippen molar-refractivity contribution in [1.29, 1.82) is 0 Å². The summed E-state index contributed by atoms with van der Waals surface area (Å²) in [5, 5.41) is 2.61. The number of carbonyl (C=O) groups excluding carboxylic acids is 2. The SMILES string of the molecule is CCN1c2cc(OC)c(OC)cc2C(C)=C(C(=O)Nc2cccc(C(C)=O)c2)S1(=O)=O. The highest BCUT2D eigenvalue weighted by Gasteiger charge is 2.39. The number of sulfonamides is 1. The number of nitrogens with one attached hydrogen (secondary N) is 1. The van der Waals surface area contributed by atoms with Crippen molar-refractivity contribution >= 4 is 38.7 Å². The number of methoxy groups -OCH3 is 2. The van der Waals surface area contributed by atoms with Crippen molar-refractivity contribution in [3.05, 3.63) is 52.4 Å². The zero-order chi connectivity index (χ0) is 22.9. The molecule has 0 radical (unpaired) electrons. The third kappa shape index (κ3) is 3.88.